The third-order valence-corrected chi connectivity index (χ3v) is 11.4. The fraction of sp³-hybridized carbons (Fsp3) is 0.359. The molecule has 1 N–H and O–H groups in total. The molecule has 6 aromatic rings. The van der Waals surface area contributed by atoms with Crippen LogP contribution in [0, 0.1) is 11.8 Å². The molecule has 11 nitrogen and oxygen atoms in total. The summed E-state index contributed by atoms with van der Waals surface area (Å²) in [6.07, 6.45) is 7.07. The lowest BCUT2D eigenvalue weighted by atomic mass is 9.91. The number of rotatable bonds is 8. The van der Waals surface area contributed by atoms with E-state index in [1.54, 1.807) is 4.68 Å². The zero-order valence-electron chi connectivity index (χ0n) is 28.4. The minimum atomic E-state index is -0.400. The van der Waals surface area contributed by atoms with Crippen molar-refractivity contribution in [3.05, 3.63) is 101 Å². The van der Waals surface area contributed by atoms with E-state index in [0.29, 0.717) is 46.9 Å². The second-order valence-corrected chi connectivity index (χ2v) is 14.3. The Morgan fingerprint density at radius 2 is 1.84 bits per heavy atom. The van der Waals surface area contributed by atoms with Gasteiger partial charge in [0.15, 0.2) is 11.9 Å². The number of piperidine rings is 1. The summed E-state index contributed by atoms with van der Waals surface area (Å²) < 4.78 is 15.5. The fourth-order valence-electron chi connectivity index (χ4n) is 8.43. The van der Waals surface area contributed by atoms with E-state index in [1.165, 1.54) is 5.56 Å². The zero-order chi connectivity index (χ0) is 34.5. The first-order valence-corrected chi connectivity index (χ1v) is 18.1. The first-order valence-electron chi connectivity index (χ1n) is 17.7. The van der Waals surface area contributed by atoms with Crippen LogP contribution in [-0.2, 0) is 28.5 Å². The average Bonchev–Trinajstić information content (AvgIpc) is 3.40. The van der Waals surface area contributed by atoms with E-state index >= 15 is 0 Å². The van der Waals surface area contributed by atoms with Crippen molar-refractivity contribution in [1.29, 1.82) is 0 Å². The molecular formula is C39H39ClN8O3. The Morgan fingerprint density at radius 3 is 2.65 bits per heavy atom. The third kappa shape index (κ3) is 5.68. The van der Waals surface area contributed by atoms with Gasteiger partial charge in [0.1, 0.15) is 23.6 Å². The maximum atomic E-state index is 12.9. The van der Waals surface area contributed by atoms with Crippen LogP contribution in [0.1, 0.15) is 43.0 Å². The molecular weight excluding hydrogens is 664 g/mol. The number of fused-ring (bicyclic) bond motifs is 3. The van der Waals surface area contributed by atoms with Crippen LogP contribution in [0.3, 0.4) is 0 Å². The number of aryl methyl sites for hydroxylation is 1. The SMILES string of the molecule is Cn1cc2c(Cl)c(-c3nn(C4CCCCO4)c4nc(N5CCC6C(C5)C6(CNC(=O)OCc5ccccc5)c5ccccc5)cnc34)ccc2n1. The molecule has 1 saturated carbocycles. The van der Waals surface area contributed by atoms with Crippen molar-refractivity contribution in [3.63, 3.8) is 0 Å². The number of amides is 1. The number of nitrogens with one attached hydrogen (secondary N) is 1. The number of anilines is 1. The normalized spacial score (nSPS) is 22.9. The number of aromatic nitrogens is 6. The molecule has 0 bridgehead atoms. The first-order chi connectivity index (χ1) is 25.0. The van der Waals surface area contributed by atoms with Gasteiger partial charge in [-0.25, -0.2) is 19.4 Å². The molecule has 2 saturated heterocycles. The number of carbonyl (C=O) groups excluding carboxylic acids is 1. The lowest BCUT2D eigenvalue weighted by Crippen LogP contribution is -2.35. The molecule has 4 unspecified atom stereocenters. The highest BCUT2D eigenvalue weighted by molar-refractivity contribution is 6.38. The van der Waals surface area contributed by atoms with Gasteiger partial charge in [-0.05, 0) is 60.8 Å². The van der Waals surface area contributed by atoms with Crippen LogP contribution in [0.4, 0.5) is 10.6 Å². The highest BCUT2D eigenvalue weighted by atomic mass is 35.5. The first kappa shape index (κ1) is 31.9. The number of halogens is 1. The Balaban J connectivity index is 1.01. The van der Waals surface area contributed by atoms with Gasteiger partial charge in [-0.3, -0.25) is 4.68 Å². The van der Waals surface area contributed by atoms with E-state index in [2.05, 4.69) is 39.6 Å². The molecule has 3 aromatic carbocycles. The summed E-state index contributed by atoms with van der Waals surface area (Å²) in [5.41, 5.74) is 5.69. The summed E-state index contributed by atoms with van der Waals surface area (Å²) in [7, 11) is 1.89. The van der Waals surface area contributed by atoms with Crippen molar-refractivity contribution in [1.82, 2.24) is 34.8 Å². The molecule has 1 aliphatic carbocycles. The summed E-state index contributed by atoms with van der Waals surface area (Å²) in [6, 6.07) is 24.2. The molecule has 4 atom stereocenters. The Labute approximate surface area is 300 Å². The average molecular weight is 703 g/mol. The van der Waals surface area contributed by atoms with Crippen LogP contribution in [0.15, 0.2) is 85.2 Å². The van der Waals surface area contributed by atoms with Gasteiger partial charge in [0.2, 0.25) is 0 Å². The van der Waals surface area contributed by atoms with Crippen LogP contribution in [0.25, 0.3) is 33.3 Å². The number of benzene rings is 3. The largest absolute Gasteiger partial charge is 0.445 e. The van der Waals surface area contributed by atoms with E-state index in [9.17, 15) is 4.79 Å². The highest BCUT2D eigenvalue weighted by Gasteiger charge is 2.66. The number of carbonyl (C=O) groups is 1. The third-order valence-electron chi connectivity index (χ3n) is 11.0. The van der Waals surface area contributed by atoms with E-state index < -0.39 is 6.09 Å². The second kappa shape index (κ2) is 13.0. The molecule has 3 aromatic heterocycles. The molecule has 5 heterocycles. The van der Waals surface area contributed by atoms with Crippen molar-refractivity contribution in [2.45, 2.75) is 43.9 Å². The Hall–Kier alpha value is -5.00. The predicted octanol–water partition coefficient (Wildman–Crippen LogP) is 7.05. The summed E-state index contributed by atoms with van der Waals surface area (Å²) >= 11 is 7.00. The van der Waals surface area contributed by atoms with Crippen LogP contribution < -0.4 is 10.2 Å². The topological polar surface area (TPSA) is 112 Å². The smallest absolute Gasteiger partial charge is 0.407 e. The van der Waals surface area contributed by atoms with Crippen LogP contribution >= 0.6 is 11.6 Å². The Morgan fingerprint density at radius 1 is 1.02 bits per heavy atom. The van der Waals surface area contributed by atoms with Gasteiger partial charge in [-0.15, -0.1) is 0 Å². The molecule has 3 aliphatic rings. The minimum absolute atomic E-state index is 0.189. The quantitative estimate of drug-likeness (QED) is 0.180. The zero-order valence-corrected chi connectivity index (χ0v) is 29.2. The molecule has 260 valence electrons. The second-order valence-electron chi connectivity index (χ2n) is 13.9. The molecule has 1 amide bonds. The molecule has 0 radical (unpaired) electrons. The van der Waals surface area contributed by atoms with Crippen molar-refractivity contribution in [3.8, 4) is 11.3 Å². The van der Waals surface area contributed by atoms with Gasteiger partial charge >= 0.3 is 6.09 Å². The summed E-state index contributed by atoms with van der Waals surface area (Å²) in [5.74, 6) is 1.56. The van der Waals surface area contributed by atoms with Gasteiger partial charge in [0.05, 0.1) is 16.7 Å². The Kier molecular flexibility index (Phi) is 8.12. The van der Waals surface area contributed by atoms with Crippen molar-refractivity contribution in [2.24, 2.45) is 18.9 Å². The number of nitrogens with zero attached hydrogens (tertiary/aromatic N) is 7. The van der Waals surface area contributed by atoms with Gasteiger partial charge < -0.3 is 19.7 Å². The van der Waals surface area contributed by atoms with Gasteiger partial charge in [0.25, 0.3) is 0 Å². The van der Waals surface area contributed by atoms with Crippen molar-refractivity contribution >= 4 is 45.6 Å². The minimum Gasteiger partial charge on any atom is -0.445 e. The molecule has 51 heavy (non-hydrogen) atoms. The van der Waals surface area contributed by atoms with Crippen LogP contribution in [-0.4, -0.2) is 61.9 Å². The van der Waals surface area contributed by atoms with E-state index in [0.717, 1.165) is 66.6 Å². The lowest BCUT2D eigenvalue weighted by molar-refractivity contribution is -0.0368. The summed E-state index contributed by atoms with van der Waals surface area (Å²) in [5, 5.41) is 14.2. The van der Waals surface area contributed by atoms with Gasteiger partial charge in [0, 0.05) is 55.9 Å². The monoisotopic (exact) mass is 702 g/mol. The molecule has 2 aliphatic heterocycles. The fourth-order valence-corrected chi connectivity index (χ4v) is 8.73. The number of ether oxygens (including phenoxy) is 2. The molecule has 12 heteroatoms. The molecule has 3 fully saturated rings. The van der Waals surface area contributed by atoms with Crippen molar-refractivity contribution < 1.29 is 14.3 Å². The van der Waals surface area contributed by atoms with Gasteiger partial charge in [-0.1, -0.05) is 72.3 Å². The maximum absolute atomic E-state index is 12.9. The van der Waals surface area contributed by atoms with Crippen LogP contribution in [0.5, 0.6) is 0 Å². The maximum Gasteiger partial charge on any atom is 0.407 e. The standard InChI is InChI=1S/C39H39ClN8O3/c1-46-21-28-31(44-46)16-15-27(34(28)40)35-36-37(48(45-35)33-14-8-9-19-50-33)43-32(20-41-36)47-18-17-29-30(22-47)39(29,26-12-6-3-7-13-26)24-42-38(49)51-23-25-10-4-2-5-11-25/h2-7,10-13,15-16,20-21,29-30,33H,8-9,14,17-19,22-24H2,1H3,(H,42,49). The summed E-state index contributed by atoms with van der Waals surface area (Å²) in [6.45, 7) is 3.06. The number of hydrogen-bond donors (Lipinski definition) is 1. The number of alkyl carbamates (subject to hydrolysis) is 1. The summed E-state index contributed by atoms with van der Waals surface area (Å²) in [4.78, 5) is 25.5. The van der Waals surface area contributed by atoms with Gasteiger partial charge in [-0.2, -0.15) is 10.2 Å². The highest BCUT2D eigenvalue weighted by Crippen LogP contribution is 2.63. The molecule has 0 spiro atoms. The lowest BCUT2D eigenvalue weighted by Gasteiger charge is -2.27. The Bertz CT molecular complexity index is 2220. The molecule has 9 rings (SSSR count). The van der Waals surface area contributed by atoms with Crippen LogP contribution in [0.2, 0.25) is 5.02 Å². The predicted molar refractivity (Wildman–Crippen MR) is 195 cm³/mol. The van der Waals surface area contributed by atoms with E-state index in [1.807, 2.05) is 72.7 Å². The van der Waals surface area contributed by atoms with E-state index in [4.69, 9.17) is 36.1 Å². The van der Waals surface area contributed by atoms with E-state index in [-0.39, 0.29) is 18.2 Å². The van der Waals surface area contributed by atoms with Crippen molar-refractivity contribution in [2.75, 3.05) is 31.1 Å². The number of hydrogen-bond acceptors (Lipinski definition) is 8.